The van der Waals surface area contributed by atoms with Gasteiger partial charge in [-0.3, -0.25) is 0 Å². The van der Waals surface area contributed by atoms with Gasteiger partial charge in [-0.1, -0.05) is 36.8 Å². The highest BCUT2D eigenvalue weighted by atomic mass is 32.2. The molecular formula is C18H22FNS. The Labute approximate surface area is 131 Å². The molecule has 0 aromatic heterocycles. The molecule has 1 N–H and O–H groups in total. The molecule has 0 saturated carbocycles. The molecule has 3 heteroatoms. The van der Waals surface area contributed by atoms with Crippen LogP contribution in [0.1, 0.15) is 36.6 Å². The quantitative estimate of drug-likeness (QED) is 0.745. The lowest BCUT2D eigenvalue weighted by Gasteiger charge is -2.17. The van der Waals surface area contributed by atoms with E-state index in [0.717, 1.165) is 22.8 Å². The van der Waals surface area contributed by atoms with Crippen LogP contribution in [0.5, 0.6) is 0 Å². The van der Waals surface area contributed by atoms with Crippen LogP contribution in [0.15, 0.2) is 47.4 Å². The monoisotopic (exact) mass is 303 g/mol. The summed E-state index contributed by atoms with van der Waals surface area (Å²) < 4.78 is 13.5. The Morgan fingerprint density at radius 1 is 1.19 bits per heavy atom. The van der Waals surface area contributed by atoms with Crippen LogP contribution in [0.25, 0.3) is 0 Å². The maximum absolute atomic E-state index is 13.5. The fraction of sp³-hybridized carbons (Fsp3) is 0.333. The largest absolute Gasteiger partial charge is 0.310 e. The minimum Gasteiger partial charge on any atom is -0.310 e. The van der Waals surface area contributed by atoms with Crippen LogP contribution < -0.4 is 5.32 Å². The third-order valence-corrected chi connectivity index (χ3v) is 4.59. The first-order chi connectivity index (χ1) is 10.1. The van der Waals surface area contributed by atoms with Crippen molar-refractivity contribution in [1.82, 2.24) is 5.32 Å². The van der Waals surface area contributed by atoms with Gasteiger partial charge in [-0.05, 0) is 49.7 Å². The Bertz CT molecular complexity index is 598. The zero-order valence-corrected chi connectivity index (χ0v) is 13.6. The first-order valence-corrected chi connectivity index (χ1v) is 8.30. The van der Waals surface area contributed by atoms with Crippen molar-refractivity contribution >= 4 is 11.8 Å². The molecule has 0 aliphatic heterocycles. The lowest BCUT2D eigenvalue weighted by atomic mass is 10.1. The van der Waals surface area contributed by atoms with Crippen LogP contribution in [-0.2, 0) is 5.75 Å². The van der Waals surface area contributed by atoms with Gasteiger partial charge in [0.15, 0.2) is 0 Å². The van der Waals surface area contributed by atoms with Crippen molar-refractivity contribution < 1.29 is 4.39 Å². The van der Waals surface area contributed by atoms with Gasteiger partial charge in [0.2, 0.25) is 0 Å². The molecule has 0 aliphatic carbocycles. The van der Waals surface area contributed by atoms with Crippen molar-refractivity contribution in [2.24, 2.45) is 0 Å². The van der Waals surface area contributed by atoms with E-state index in [1.54, 1.807) is 23.9 Å². The highest BCUT2D eigenvalue weighted by molar-refractivity contribution is 7.98. The van der Waals surface area contributed by atoms with Gasteiger partial charge in [-0.15, -0.1) is 11.8 Å². The zero-order chi connectivity index (χ0) is 15.2. The van der Waals surface area contributed by atoms with Gasteiger partial charge < -0.3 is 5.32 Å². The molecule has 0 radical (unpaired) electrons. The van der Waals surface area contributed by atoms with Gasteiger partial charge in [0.25, 0.3) is 0 Å². The normalized spacial score (nSPS) is 12.4. The van der Waals surface area contributed by atoms with Crippen molar-refractivity contribution in [3.8, 4) is 0 Å². The van der Waals surface area contributed by atoms with Crippen LogP contribution in [0, 0.1) is 12.7 Å². The molecule has 2 rings (SSSR count). The van der Waals surface area contributed by atoms with Crippen molar-refractivity contribution in [2.75, 3.05) is 6.54 Å². The summed E-state index contributed by atoms with van der Waals surface area (Å²) >= 11 is 1.77. The first-order valence-electron chi connectivity index (χ1n) is 7.31. The molecule has 1 atom stereocenters. The van der Waals surface area contributed by atoms with E-state index in [9.17, 15) is 4.39 Å². The Morgan fingerprint density at radius 2 is 2.00 bits per heavy atom. The Morgan fingerprint density at radius 3 is 2.71 bits per heavy atom. The van der Waals surface area contributed by atoms with E-state index in [-0.39, 0.29) is 11.9 Å². The molecule has 0 aliphatic rings. The van der Waals surface area contributed by atoms with E-state index in [2.05, 4.69) is 50.4 Å². The SMILES string of the molecule is CCNC(C)c1cc(F)ccc1SCc1cccc(C)c1. The molecule has 112 valence electrons. The number of nitrogens with one attached hydrogen (secondary N) is 1. The molecule has 0 saturated heterocycles. The summed E-state index contributed by atoms with van der Waals surface area (Å²) in [6.45, 7) is 7.12. The summed E-state index contributed by atoms with van der Waals surface area (Å²) in [6.07, 6.45) is 0. The van der Waals surface area contributed by atoms with Gasteiger partial charge in [-0.25, -0.2) is 4.39 Å². The number of hydrogen-bond acceptors (Lipinski definition) is 2. The molecule has 0 amide bonds. The summed E-state index contributed by atoms with van der Waals surface area (Å²) in [7, 11) is 0. The summed E-state index contributed by atoms with van der Waals surface area (Å²) in [6, 6.07) is 13.8. The average Bonchev–Trinajstić information content (AvgIpc) is 2.46. The number of halogens is 1. The number of rotatable bonds is 6. The van der Waals surface area contributed by atoms with E-state index in [1.165, 1.54) is 11.1 Å². The van der Waals surface area contributed by atoms with Crippen LogP contribution in [-0.4, -0.2) is 6.54 Å². The van der Waals surface area contributed by atoms with E-state index < -0.39 is 0 Å². The predicted molar refractivity (Wildman–Crippen MR) is 89.2 cm³/mol. The van der Waals surface area contributed by atoms with Crippen molar-refractivity contribution in [3.63, 3.8) is 0 Å². The third-order valence-electron chi connectivity index (χ3n) is 3.43. The van der Waals surface area contributed by atoms with Gasteiger partial charge in [-0.2, -0.15) is 0 Å². The van der Waals surface area contributed by atoms with Crippen LogP contribution >= 0.6 is 11.8 Å². The lowest BCUT2D eigenvalue weighted by molar-refractivity contribution is 0.574. The van der Waals surface area contributed by atoms with E-state index in [0.29, 0.717) is 0 Å². The molecular weight excluding hydrogens is 281 g/mol. The summed E-state index contributed by atoms with van der Waals surface area (Å²) in [4.78, 5) is 1.14. The number of benzene rings is 2. The molecule has 2 aromatic carbocycles. The summed E-state index contributed by atoms with van der Waals surface area (Å²) in [5, 5.41) is 3.36. The molecule has 1 unspecified atom stereocenters. The molecule has 0 spiro atoms. The lowest BCUT2D eigenvalue weighted by Crippen LogP contribution is -2.18. The van der Waals surface area contributed by atoms with Crippen LogP contribution in [0.2, 0.25) is 0 Å². The van der Waals surface area contributed by atoms with E-state index in [4.69, 9.17) is 0 Å². The first kappa shape index (κ1) is 16.1. The van der Waals surface area contributed by atoms with Crippen molar-refractivity contribution in [3.05, 3.63) is 65.0 Å². The second kappa shape index (κ2) is 7.62. The number of aryl methyl sites for hydroxylation is 1. The fourth-order valence-electron chi connectivity index (χ4n) is 2.37. The van der Waals surface area contributed by atoms with Crippen molar-refractivity contribution in [2.45, 2.75) is 37.5 Å². The predicted octanol–water partition coefficient (Wildman–Crippen LogP) is 5.10. The maximum Gasteiger partial charge on any atom is 0.123 e. The second-order valence-corrected chi connectivity index (χ2v) is 6.26. The second-order valence-electron chi connectivity index (χ2n) is 5.24. The minimum atomic E-state index is -0.172. The van der Waals surface area contributed by atoms with Crippen LogP contribution in [0.4, 0.5) is 4.39 Å². The van der Waals surface area contributed by atoms with Gasteiger partial charge in [0, 0.05) is 16.7 Å². The van der Waals surface area contributed by atoms with Gasteiger partial charge >= 0.3 is 0 Å². The topological polar surface area (TPSA) is 12.0 Å². The molecule has 0 heterocycles. The number of thioether (sulfide) groups is 1. The molecule has 0 bridgehead atoms. The highest BCUT2D eigenvalue weighted by Crippen LogP contribution is 2.30. The maximum atomic E-state index is 13.5. The molecule has 21 heavy (non-hydrogen) atoms. The van der Waals surface area contributed by atoms with Crippen molar-refractivity contribution in [1.29, 1.82) is 0 Å². The molecule has 1 nitrogen and oxygen atoms in total. The highest BCUT2D eigenvalue weighted by Gasteiger charge is 2.11. The standard InChI is InChI=1S/C18H22FNS/c1-4-20-14(3)17-11-16(19)8-9-18(17)21-12-15-7-5-6-13(2)10-15/h5-11,14,20H,4,12H2,1-3H3. The molecule has 0 fully saturated rings. The number of hydrogen-bond donors (Lipinski definition) is 1. The Kier molecular flexibility index (Phi) is 5.83. The molecule has 2 aromatic rings. The Hall–Kier alpha value is -1.32. The van der Waals surface area contributed by atoms with Crippen LogP contribution in [0.3, 0.4) is 0 Å². The minimum absolute atomic E-state index is 0.158. The summed E-state index contributed by atoms with van der Waals surface area (Å²) in [5.41, 5.74) is 3.61. The summed E-state index contributed by atoms with van der Waals surface area (Å²) in [5.74, 6) is 0.730. The third kappa shape index (κ3) is 4.58. The van der Waals surface area contributed by atoms with Gasteiger partial charge in [0.1, 0.15) is 5.82 Å². The van der Waals surface area contributed by atoms with E-state index >= 15 is 0 Å². The van der Waals surface area contributed by atoms with E-state index in [1.807, 2.05) is 6.07 Å². The zero-order valence-electron chi connectivity index (χ0n) is 12.8. The van der Waals surface area contributed by atoms with Gasteiger partial charge in [0.05, 0.1) is 0 Å². The fourth-order valence-corrected chi connectivity index (χ4v) is 3.44. The Balaban J connectivity index is 2.15. The average molecular weight is 303 g/mol. The smallest absolute Gasteiger partial charge is 0.123 e.